The molecule has 0 bridgehead atoms. The van der Waals surface area contributed by atoms with Crippen LogP contribution < -0.4 is 9.30 Å². The van der Waals surface area contributed by atoms with E-state index in [0.717, 1.165) is 116 Å². The Bertz CT molecular complexity index is 5130. The summed E-state index contributed by atoms with van der Waals surface area (Å²) in [5, 5.41) is 4.11. The van der Waals surface area contributed by atoms with E-state index in [-0.39, 0.29) is 49.5 Å². The van der Waals surface area contributed by atoms with Crippen LogP contribution >= 0.6 is 0 Å². The van der Waals surface area contributed by atoms with Crippen LogP contribution in [0.2, 0.25) is 0 Å². The Hall–Kier alpha value is -9.09. The molecule has 0 amide bonds. The molecule has 4 aromatic heterocycles. The first kappa shape index (κ1) is 44.7. The zero-order chi connectivity index (χ0) is 58.4. The van der Waals surface area contributed by atoms with Crippen molar-refractivity contribution in [2.75, 3.05) is 0 Å². The predicted octanol–water partition coefficient (Wildman–Crippen LogP) is 18.7. The minimum Gasteiger partial charge on any atom is -0.510 e. The van der Waals surface area contributed by atoms with Crippen molar-refractivity contribution in [2.24, 2.45) is 0 Å². The number of imidazole rings is 1. The maximum Gasteiger partial charge on any atom is 0.268 e. The first-order chi connectivity index (χ1) is 41.0. The van der Waals surface area contributed by atoms with E-state index in [4.69, 9.17) is 18.3 Å². The van der Waals surface area contributed by atoms with Gasteiger partial charge in [0.05, 0.1) is 23.6 Å². The molecule has 0 spiro atoms. The van der Waals surface area contributed by atoms with Crippen LogP contribution in [0.3, 0.4) is 0 Å². The third kappa shape index (κ3) is 8.26. The molecule has 1 aliphatic rings. The maximum atomic E-state index is 9.38. The molecular formula is C74H54N4O2Pt-2. The Morgan fingerprint density at radius 1 is 0.519 bits per heavy atom. The summed E-state index contributed by atoms with van der Waals surface area (Å²) in [4.78, 5) is 4.90. The normalized spacial score (nSPS) is 13.1. The number of pyridine rings is 1. The molecule has 0 atom stereocenters. The van der Waals surface area contributed by atoms with E-state index in [1.54, 1.807) is 0 Å². The first-order valence-corrected chi connectivity index (χ1v) is 27.0. The summed E-state index contributed by atoms with van der Waals surface area (Å²) < 4.78 is 64.8. The molecular weight excluding hydrogens is 1170 g/mol. The van der Waals surface area contributed by atoms with Gasteiger partial charge in [-0.05, 0) is 131 Å². The van der Waals surface area contributed by atoms with E-state index >= 15 is 0 Å². The van der Waals surface area contributed by atoms with Crippen molar-refractivity contribution < 1.29 is 41.6 Å². The number of fused-ring (bicyclic) bond motifs is 13. The van der Waals surface area contributed by atoms with Crippen LogP contribution in [0.1, 0.15) is 59.5 Å². The maximum absolute atomic E-state index is 9.38. The van der Waals surface area contributed by atoms with Crippen LogP contribution in [0.25, 0.3) is 128 Å². The molecule has 0 aliphatic carbocycles. The van der Waals surface area contributed by atoms with E-state index in [0.29, 0.717) is 22.7 Å². The SMILES string of the molecule is [2H]c1c([2H])c([2H])c(-c2cccc3c2-c2ccccc2-c2cc(C(C)(C)C)cc4c2[n+]([c-]n4-c2[c-]c(Oc4[c-]c5c(cc4)c4ccccc4n5-c4cc(C(C)(C)C)ccn4)ccc2)-c2c(-c4ccc5oc6ccccc6c5c4)cccc2-3)c([2H])c1[2H].[Pt]. The second kappa shape index (κ2) is 19.0. The Morgan fingerprint density at radius 3 is 2.04 bits per heavy atom. The van der Waals surface area contributed by atoms with Crippen LogP contribution in [0.4, 0.5) is 0 Å². The molecule has 14 aromatic rings. The Labute approximate surface area is 492 Å². The van der Waals surface area contributed by atoms with Crippen LogP contribution in [0.15, 0.2) is 223 Å². The standard InChI is InChI=1S/C74H54N4O2.Pt/c1-73(2,3)48-37-38-75-69(42-48)78-64-31-14-12-24-56(64)57-35-34-52(44-65(57)78)79-51-22-16-21-50(43-51)76-45-77-71-54(47-33-36-68-62(39-47)58-25-13-15-32-67(58)80-68)28-18-30-61(71)60-29-17-27-53(46-19-8-7-9-20-46)70(60)59-26-11-10-23-55(59)63-40-49(74(4,5)6)41-66(76)72(63)77;/h7-42H,1-6H3;/q-2;/i7D,8D,9D,19D,20D;. The number of ether oxygens (including phenoxy) is 1. The third-order valence-electron chi connectivity index (χ3n) is 15.8. The van der Waals surface area contributed by atoms with E-state index in [1.807, 2.05) is 79.0 Å². The quantitative estimate of drug-likeness (QED) is 0.123. The molecule has 6 nitrogen and oxygen atoms in total. The second-order valence-electron chi connectivity index (χ2n) is 22.8. The predicted molar refractivity (Wildman–Crippen MR) is 325 cm³/mol. The number of hydrogen-bond donors (Lipinski definition) is 0. The summed E-state index contributed by atoms with van der Waals surface area (Å²) in [6, 6.07) is 67.6. The summed E-state index contributed by atoms with van der Waals surface area (Å²) >= 11 is 0. The van der Waals surface area contributed by atoms with Gasteiger partial charge in [-0.1, -0.05) is 186 Å². The Morgan fingerprint density at radius 2 is 1.21 bits per heavy atom. The number of aromatic nitrogens is 4. The average molecular weight is 1230 g/mol. The van der Waals surface area contributed by atoms with Gasteiger partial charge in [0.2, 0.25) is 0 Å². The monoisotopic (exact) mass is 1230 g/mol. The Balaban J connectivity index is 0.00000653. The van der Waals surface area contributed by atoms with Crippen LogP contribution in [-0.4, -0.2) is 14.1 Å². The molecule has 1 aliphatic heterocycles. The molecule has 15 rings (SSSR count). The van der Waals surface area contributed by atoms with Gasteiger partial charge in [0.1, 0.15) is 17.0 Å². The molecule has 0 N–H and O–H groups in total. The van der Waals surface area contributed by atoms with Crippen molar-refractivity contribution in [3.05, 3.63) is 248 Å². The van der Waals surface area contributed by atoms with Crippen LogP contribution in [0, 0.1) is 18.5 Å². The van der Waals surface area contributed by atoms with Gasteiger partial charge >= 0.3 is 0 Å². The van der Waals surface area contributed by atoms with Gasteiger partial charge in [-0.2, -0.15) is 18.2 Å². The molecule has 7 heteroatoms. The average Bonchev–Trinajstić information content (AvgIpc) is 1.56. The largest absolute Gasteiger partial charge is 0.510 e. The molecule has 0 radical (unpaired) electrons. The topological polar surface area (TPSA) is 49.0 Å². The van der Waals surface area contributed by atoms with E-state index in [1.165, 1.54) is 5.56 Å². The summed E-state index contributed by atoms with van der Waals surface area (Å²) in [6.45, 7) is 13.3. The molecule has 81 heavy (non-hydrogen) atoms. The van der Waals surface area contributed by atoms with Gasteiger partial charge in [-0.3, -0.25) is 4.57 Å². The minimum absolute atomic E-state index is 0. The van der Waals surface area contributed by atoms with E-state index in [2.05, 4.69) is 183 Å². The van der Waals surface area contributed by atoms with Crippen molar-refractivity contribution in [3.8, 4) is 84.3 Å². The zero-order valence-corrected chi connectivity index (χ0v) is 47.6. The molecule has 0 unspecified atom stereocenters. The molecule has 394 valence electrons. The number of para-hydroxylation sites is 3. The van der Waals surface area contributed by atoms with Crippen molar-refractivity contribution in [2.45, 2.75) is 52.4 Å². The number of hydrogen-bond acceptors (Lipinski definition) is 3. The molecule has 10 aromatic carbocycles. The van der Waals surface area contributed by atoms with Crippen molar-refractivity contribution in [3.63, 3.8) is 0 Å². The van der Waals surface area contributed by atoms with E-state index in [9.17, 15) is 2.74 Å². The number of rotatable bonds is 6. The smallest absolute Gasteiger partial charge is 0.268 e. The van der Waals surface area contributed by atoms with Crippen molar-refractivity contribution >= 4 is 54.8 Å². The molecule has 0 saturated carbocycles. The van der Waals surface area contributed by atoms with Gasteiger partial charge in [0.25, 0.3) is 6.33 Å². The van der Waals surface area contributed by atoms with Crippen LogP contribution in [0.5, 0.6) is 11.5 Å². The Kier molecular flexibility index (Phi) is 10.5. The van der Waals surface area contributed by atoms with Crippen molar-refractivity contribution in [1.82, 2.24) is 14.1 Å². The summed E-state index contributed by atoms with van der Waals surface area (Å²) in [5.74, 6) is 1.81. The fourth-order valence-electron chi connectivity index (χ4n) is 11.9. The number of furan rings is 1. The molecule has 5 heterocycles. The third-order valence-corrected chi connectivity index (χ3v) is 15.8. The number of benzene rings is 10. The van der Waals surface area contributed by atoms with Crippen LogP contribution in [-0.2, 0) is 31.9 Å². The van der Waals surface area contributed by atoms with Gasteiger partial charge in [-0.15, -0.1) is 29.7 Å². The molecule has 0 fully saturated rings. The summed E-state index contributed by atoms with van der Waals surface area (Å²) in [7, 11) is 0. The van der Waals surface area contributed by atoms with Gasteiger partial charge in [-0.25, -0.2) is 4.98 Å². The fourth-order valence-corrected chi connectivity index (χ4v) is 11.9. The van der Waals surface area contributed by atoms with Gasteiger partial charge in [0.15, 0.2) is 0 Å². The fraction of sp³-hybridized carbons (Fsp3) is 0.108. The zero-order valence-electron chi connectivity index (χ0n) is 50.3. The van der Waals surface area contributed by atoms with Crippen molar-refractivity contribution in [1.29, 1.82) is 0 Å². The van der Waals surface area contributed by atoms with Gasteiger partial charge in [0, 0.05) is 55.1 Å². The van der Waals surface area contributed by atoms with E-state index < -0.39 is 18.1 Å². The first-order valence-electron chi connectivity index (χ1n) is 29.5. The number of nitrogens with zero attached hydrogens (tertiary/aromatic N) is 4. The summed E-state index contributed by atoms with van der Waals surface area (Å²) in [5.41, 5.74) is 16.1. The molecule has 0 saturated heterocycles. The summed E-state index contributed by atoms with van der Waals surface area (Å²) in [6.07, 6.45) is 5.83. The second-order valence-corrected chi connectivity index (χ2v) is 22.8. The van der Waals surface area contributed by atoms with Gasteiger partial charge < -0.3 is 18.3 Å². The minimum atomic E-state index is -0.443.